The Morgan fingerprint density at radius 2 is 2.31 bits per heavy atom. The molecule has 0 aliphatic heterocycles. The number of hydrogen-bond acceptors (Lipinski definition) is 3. The molecule has 0 saturated carbocycles. The minimum Gasteiger partial charge on any atom is -0.306 e. The summed E-state index contributed by atoms with van der Waals surface area (Å²) >= 11 is 0. The van der Waals surface area contributed by atoms with Crippen molar-refractivity contribution in [2.24, 2.45) is 0 Å². The minimum absolute atomic E-state index is 0.304. The van der Waals surface area contributed by atoms with E-state index in [1.54, 1.807) is 35.1 Å². The van der Waals surface area contributed by atoms with Crippen LogP contribution in [0.5, 0.6) is 0 Å². The second kappa shape index (κ2) is 2.82. The van der Waals surface area contributed by atoms with Gasteiger partial charge >= 0.3 is 0 Å². The number of carbonyl (C=O) groups excluding carboxylic acids is 2. The van der Waals surface area contributed by atoms with E-state index in [1.807, 2.05) is 0 Å². The van der Waals surface area contributed by atoms with Crippen molar-refractivity contribution in [3.05, 3.63) is 36.3 Å². The largest absolute Gasteiger partial charge is 0.306 e. The molecule has 13 heavy (non-hydrogen) atoms. The molecule has 2 heterocycles. The van der Waals surface area contributed by atoms with E-state index in [1.165, 1.54) is 0 Å². The predicted molar refractivity (Wildman–Crippen MR) is 45.6 cm³/mol. The van der Waals surface area contributed by atoms with Gasteiger partial charge in [-0.2, -0.15) is 0 Å². The molecule has 4 heteroatoms. The van der Waals surface area contributed by atoms with Gasteiger partial charge < -0.3 is 4.40 Å². The fraction of sp³-hybridized carbons (Fsp3) is 0. The van der Waals surface area contributed by atoms with Crippen molar-refractivity contribution in [2.45, 2.75) is 0 Å². The quantitative estimate of drug-likeness (QED) is 0.383. The van der Waals surface area contributed by atoms with Gasteiger partial charge in [-0.1, -0.05) is 0 Å². The molecule has 0 amide bonds. The van der Waals surface area contributed by atoms with Crippen LogP contribution in [0.3, 0.4) is 0 Å². The standard InChI is InChI=1S/C9H6N2O2/c12-6-8(13)7-1-2-9-10-3-4-11(9)5-7/h1-6H. The van der Waals surface area contributed by atoms with Crippen molar-refractivity contribution in [1.82, 2.24) is 9.38 Å². The summed E-state index contributed by atoms with van der Waals surface area (Å²) in [7, 11) is 0. The van der Waals surface area contributed by atoms with Crippen LogP contribution in [0, 0.1) is 0 Å². The van der Waals surface area contributed by atoms with Crippen molar-refractivity contribution >= 4 is 17.7 Å². The molecule has 2 aromatic rings. The van der Waals surface area contributed by atoms with Crippen LogP contribution in [-0.4, -0.2) is 21.5 Å². The van der Waals surface area contributed by atoms with Crippen LogP contribution >= 0.6 is 0 Å². The zero-order chi connectivity index (χ0) is 9.26. The van der Waals surface area contributed by atoms with Gasteiger partial charge in [-0.15, -0.1) is 0 Å². The second-order valence-electron chi connectivity index (χ2n) is 2.59. The minimum atomic E-state index is -0.518. The highest BCUT2D eigenvalue weighted by Crippen LogP contribution is 2.04. The first kappa shape index (κ1) is 7.67. The van der Waals surface area contributed by atoms with Crippen LogP contribution in [0.25, 0.3) is 5.65 Å². The number of fused-ring (bicyclic) bond motifs is 1. The molecule has 64 valence electrons. The van der Waals surface area contributed by atoms with Crippen molar-refractivity contribution < 1.29 is 9.59 Å². The molecule has 2 aromatic heterocycles. The van der Waals surface area contributed by atoms with E-state index in [2.05, 4.69) is 4.98 Å². The number of carbonyl (C=O) groups is 2. The molecular weight excluding hydrogens is 168 g/mol. The summed E-state index contributed by atoms with van der Waals surface area (Å²) < 4.78 is 1.69. The Hall–Kier alpha value is -1.97. The summed E-state index contributed by atoms with van der Waals surface area (Å²) in [6.45, 7) is 0. The molecular formula is C9H6N2O2. The molecule has 0 saturated heterocycles. The molecule has 0 unspecified atom stereocenters. The van der Waals surface area contributed by atoms with Crippen LogP contribution in [0.2, 0.25) is 0 Å². The number of ketones is 1. The monoisotopic (exact) mass is 174 g/mol. The highest BCUT2D eigenvalue weighted by Gasteiger charge is 2.04. The summed E-state index contributed by atoms with van der Waals surface area (Å²) in [5.74, 6) is -0.518. The second-order valence-corrected chi connectivity index (χ2v) is 2.59. The van der Waals surface area contributed by atoms with Crippen molar-refractivity contribution in [1.29, 1.82) is 0 Å². The number of aldehydes is 1. The van der Waals surface area contributed by atoms with Gasteiger partial charge in [0.1, 0.15) is 5.65 Å². The Morgan fingerprint density at radius 1 is 1.46 bits per heavy atom. The van der Waals surface area contributed by atoms with Crippen molar-refractivity contribution in [3.8, 4) is 0 Å². The van der Waals surface area contributed by atoms with E-state index in [9.17, 15) is 9.59 Å². The number of rotatable bonds is 2. The number of imidazole rings is 1. The number of aromatic nitrogens is 2. The maximum atomic E-state index is 11.0. The molecule has 0 aliphatic rings. The molecule has 0 aromatic carbocycles. The molecule has 0 radical (unpaired) electrons. The zero-order valence-electron chi connectivity index (χ0n) is 6.68. The van der Waals surface area contributed by atoms with Crippen molar-refractivity contribution in [2.75, 3.05) is 0 Å². The van der Waals surface area contributed by atoms with Crippen LogP contribution < -0.4 is 0 Å². The lowest BCUT2D eigenvalue weighted by Crippen LogP contribution is -2.01. The first-order valence-corrected chi connectivity index (χ1v) is 3.73. The van der Waals surface area contributed by atoms with E-state index in [-0.39, 0.29) is 0 Å². The first-order valence-electron chi connectivity index (χ1n) is 3.73. The molecule has 0 N–H and O–H groups in total. The fourth-order valence-electron chi connectivity index (χ4n) is 1.13. The van der Waals surface area contributed by atoms with Gasteiger partial charge in [0, 0.05) is 24.2 Å². The van der Waals surface area contributed by atoms with Gasteiger partial charge in [-0.25, -0.2) is 4.98 Å². The maximum Gasteiger partial charge on any atom is 0.226 e. The average molecular weight is 174 g/mol. The zero-order valence-corrected chi connectivity index (χ0v) is 6.68. The summed E-state index contributed by atoms with van der Waals surface area (Å²) in [5, 5.41) is 0. The van der Waals surface area contributed by atoms with Gasteiger partial charge in [-0.3, -0.25) is 9.59 Å². The normalized spacial score (nSPS) is 10.2. The van der Waals surface area contributed by atoms with Crippen LogP contribution in [0.15, 0.2) is 30.7 Å². The van der Waals surface area contributed by atoms with Gasteiger partial charge in [0.2, 0.25) is 5.78 Å². The Bertz CT molecular complexity index is 473. The van der Waals surface area contributed by atoms with Crippen LogP contribution in [0.1, 0.15) is 10.4 Å². The van der Waals surface area contributed by atoms with Crippen LogP contribution in [-0.2, 0) is 4.79 Å². The van der Waals surface area contributed by atoms with Crippen molar-refractivity contribution in [3.63, 3.8) is 0 Å². The highest BCUT2D eigenvalue weighted by molar-refractivity contribution is 6.33. The Morgan fingerprint density at radius 3 is 3.08 bits per heavy atom. The number of pyridine rings is 1. The Balaban J connectivity index is 2.60. The lowest BCUT2D eigenvalue weighted by atomic mass is 10.2. The Kier molecular flexibility index (Phi) is 1.66. The third-order valence-corrected chi connectivity index (χ3v) is 1.78. The molecule has 0 fully saturated rings. The maximum absolute atomic E-state index is 11.0. The smallest absolute Gasteiger partial charge is 0.226 e. The van der Waals surface area contributed by atoms with E-state index in [4.69, 9.17) is 0 Å². The predicted octanol–water partition coefficient (Wildman–Crippen LogP) is 0.716. The summed E-state index contributed by atoms with van der Waals surface area (Å²) in [4.78, 5) is 25.2. The van der Waals surface area contributed by atoms with Gasteiger partial charge in [0.15, 0.2) is 6.29 Å². The fourth-order valence-corrected chi connectivity index (χ4v) is 1.13. The Labute approximate surface area is 73.8 Å². The van der Waals surface area contributed by atoms with Gasteiger partial charge in [-0.05, 0) is 12.1 Å². The first-order chi connectivity index (χ1) is 6.31. The molecule has 2 rings (SSSR count). The topological polar surface area (TPSA) is 51.4 Å². The number of Topliss-reactive ketones (excluding diaryl/α,β-unsaturated/α-hetero) is 1. The molecule has 0 spiro atoms. The molecule has 0 atom stereocenters. The van der Waals surface area contributed by atoms with E-state index in [0.29, 0.717) is 11.8 Å². The molecule has 0 bridgehead atoms. The average Bonchev–Trinajstić information content (AvgIpc) is 2.63. The van der Waals surface area contributed by atoms with E-state index in [0.717, 1.165) is 5.65 Å². The van der Waals surface area contributed by atoms with Crippen LogP contribution in [0.4, 0.5) is 0 Å². The number of nitrogens with zero attached hydrogens (tertiary/aromatic N) is 2. The highest BCUT2D eigenvalue weighted by atomic mass is 16.2. The molecule has 0 aliphatic carbocycles. The SMILES string of the molecule is O=CC(=O)c1ccc2nccn2c1. The summed E-state index contributed by atoms with van der Waals surface area (Å²) in [6.07, 6.45) is 5.23. The van der Waals surface area contributed by atoms with E-state index < -0.39 is 5.78 Å². The van der Waals surface area contributed by atoms with Gasteiger partial charge in [0.05, 0.1) is 0 Å². The van der Waals surface area contributed by atoms with E-state index >= 15 is 0 Å². The van der Waals surface area contributed by atoms with Gasteiger partial charge in [0.25, 0.3) is 0 Å². The third kappa shape index (κ3) is 1.22. The molecule has 4 nitrogen and oxygen atoms in total. The lowest BCUT2D eigenvalue weighted by Gasteiger charge is -1.95. The summed E-state index contributed by atoms with van der Waals surface area (Å²) in [6, 6.07) is 3.27. The third-order valence-electron chi connectivity index (χ3n) is 1.78. The number of hydrogen-bond donors (Lipinski definition) is 0. The lowest BCUT2D eigenvalue weighted by molar-refractivity contribution is -0.104. The summed E-state index contributed by atoms with van der Waals surface area (Å²) in [5.41, 5.74) is 1.13.